The normalized spacial score (nSPS) is 34.0. The smallest absolute Gasteiger partial charge is 0.0776 e. The van der Waals surface area contributed by atoms with Crippen LogP contribution in [0.2, 0.25) is 0 Å². The van der Waals surface area contributed by atoms with Crippen LogP contribution in [0.15, 0.2) is 0 Å². The summed E-state index contributed by atoms with van der Waals surface area (Å²) in [7, 11) is 0. The van der Waals surface area contributed by atoms with Gasteiger partial charge in [-0.15, -0.1) is 0 Å². The summed E-state index contributed by atoms with van der Waals surface area (Å²) in [6.45, 7) is 8.24. The van der Waals surface area contributed by atoms with E-state index in [4.69, 9.17) is 0 Å². The molecule has 1 aliphatic carbocycles. The number of nitrogens with one attached hydrogen (secondary N) is 1. The van der Waals surface area contributed by atoms with Crippen LogP contribution in [0.1, 0.15) is 40.0 Å². The molecule has 0 saturated heterocycles. The first kappa shape index (κ1) is 10.0. The molecule has 0 spiro atoms. The molecule has 2 nitrogen and oxygen atoms in total. The number of hydrogen-bond acceptors (Lipinski definition) is 2. The minimum absolute atomic E-state index is 0.337. The summed E-state index contributed by atoms with van der Waals surface area (Å²) in [6.07, 6.45) is 3.04. The van der Waals surface area contributed by atoms with Crippen LogP contribution in [0.3, 0.4) is 0 Å². The molecule has 1 atom stereocenters. The lowest BCUT2D eigenvalue weighted by Crippen LogP contribution is -2.38. The fraction of sp³-hybridized carbons (Fsp3) is 1.00. The van der Waals surface area contributed by atoms with Crippen LogP contribution in [0.25, 0.3) is 0 Å². The summed E-state index contributed by atoms with van der Waals surface area (Å²) in [6, 6.07) is 0. The minimum atomic E-state index is -0.431. The molecule has 0 radical (unpaired) electrons. The summed E-state index contributed by atoms with van der Waals surface area (Å²) < 4.78 is 0. The van der Waals surface area contributed by atoms with Crippen molar-refractivity contribution < 1.29 is 5.11 Å². The lowest BCUT2D eigenvalue weighted by molar-refractivity contribution is 0.0382. The third-order valence-corrected chi connectivity index (χ3v) is 2.78. The van der Waals surface area contributed by atoms with Crippen LogP contribution >= 0.6 is 0 Å². The molecular formula is C10H21NO. The van der Waals surface area contributed by atoms with E-state index >= 15 is 0 Å². The second-order valence-corrected chi connectivity index (χ2v) is 4.85. The maximum Gasteiger partial charge on any atom is 0.0776 e. The number of rotatable bonds is 3. The van der Waals surface area contributed by atoms with Gasteiger partial charge < -0.3 is 10.4 Å². The van der Waals surface area contributed by atoms with Gasteiger partial charge in [-0.3, -0.25) is 0 Å². The van der Waals surface area contributed by atoms with E-state index in [0.29, 0.717) is 5.41 Å². The zero-order chi connectivity index (χ0) is 9.24. The molecule has 2 N–H and O–H groups in total. The molecule has 0 aromatic carbocycles. The van der Waals surface area contributed by atoms with Crippen molar-refractivity contribution in [3.8, 4) is 0 Å². The van der Waals surface area contributed by atoms with Gasteiger partial charge in [-0.2, -0.15) is 0 Å². The molecule has 0 bridgehead atoms. The second-order valence-electron chi connectivity index (χ2n) is 4.85. The predicted molar refractivity (Wildman–Crippen MR) is 51.1 cm³/mol. The quantitative estimate of drug-likeness (QED) is 0.675. The molecule has 1 rings (SSSR count). The Kier molecular flexibility index (Phi) is 2.79. The average molecular weight is 171 g/mol. The van der Waals surface area contributed by atoms with Crippen LogP contribution in [-0.4, -0.2) is 23.8 Å². The van der Waals surface area contributed by atoms with Gasteiger partial charge in [-0.25, -0.2) is 0 Å². The summed E-state index contributed by atoms with van der Waals surface area (Å²) in [4.78, 5) is 0. The standard InChI is InChI=1S/C10H21NO/c1-4-11-8-10(12)6-5-9(2,3)7-10/h11-12H,4-8H2,1-3H3. The molecular weight excluding hydrogens is 150 g/mol. The monoisotopic (exact) mass is 171 g/mol. The van der Waals surface area contributed by atoms with E-state index in [0.717, 1.165) is 32.4 Å². The highest BCUT2D eigenvalue weighted by molar-refractivity contribution is 4.94. The van der Waals surface area contributed by atoms with Crippen LogP contribution in [-0.2, 0) is 0 Å². The molecule has 1 aliphatic rings. The van der Waals surface area contributed by atoms with E-state index < -0.39 is 5.60 Å². The molecule has 0 heterocycles. The Balaban J connectivity index is 2.41. The van der Waals surface area contributed by atoms with Gasteiger partial charge in [0, 0.05) is 6.54 Å². The Morgan fingerprint density at radius 2 is 2.00 bits per heavy atom. The molecule has 0 amide bonds. The summed E-state index contributed by atoms with van der Waals surface area (Å²) in [5.41, 5.74) is -0.0936. The maximum absolute atomic E-state index is 10.1. The van der Waals surface area contributed by atoms with Crippen molar-refractivity contribution in [2.45, 2.75) is 45.6 Å². The third kappa shape index (κ3) is 2.46. The SMILES string of the molecule is CCNCC1(O)CCC(C)(C)C1. The van der Waals surface area contributed by atoms with E-state index in [1.54, 1.807) is 0 Å². The van der Waals surface area contributed by atoms with Gasteiger partial charge >= 0.3 is 0 Å². The highest BCUT2D eigenvalue weighted by Gasteiger charge is 2.41. The summed E-state index contributed by atoms with van der Waals surface area (Å²) >= 11 is 0. The van der Waals surface area contributed by atoms with Crippen molar-refractivity contribution in [3.05, 3.63) is 0 Å². The number of hydrogen-bond donors (Lipinski definition) is 2. The van der Waals surface area contributed by atoms with Crippen molar-refractivity contribution in [2.24, 2.45) is 5.41 Å². The highest BCUT2D eigenvalue weighted by Crippen LogP contribution is 2.42. The largest absolute Gasteiger partial charge is 0.389 e. The van der Waals surface area contributed by atoms with Crippen LogP contribution in [0.4, 0.5) is 0 Å². The maximum atomic E-state index is 10.1. The van der Waals surface area contributed by atoms with Crippen molar-refractivity contribution in [2.75, 3.05) is 13.1 Å². The molecule has 0 aromatic heterocycles. The lowest BCUT2D eigenvalue weighted by atomic mass is 9.89. The Labute approximate surface area is 75.4 Å². The molecule has 0 aromatic rings. The van der Waals surface area contributed by atoms with Gasteiger partial charge in [0.15, 0.2) is 0 Å². The van der Waals surface area contributed by atoms with Gasteiger partial charge in [0.25, 0.3) is 0 Å². The van der Waals surface area contributed by atoms with Gasteiger partial charge in [-0.05, 0) is 31.2 Å². The van der Waals surface area contributed by atoms with Crippen LogP contribution in [0.5, 0.6) is 0 Å². The summed E-state index contributed by atoms with van der Waals surface area (Å²) in [5.74, 6) is 0. The minimum Gasteiger partial charge on any atom is -0.389 e. The highest BCUT2D eigenvalue weighted by atomic mass is 16.3. The Bertz CT molecular complexity index is 156. The van der Waals surface area contributed by atoms with Gasteiger partial charge in [0.2, 0.25) is 0 Å². The summed E-state index contributed by atoms with van der Waals surface area (Å²) in [5, 5.41) is 13.3. The van der Waals surface area contributed by atoms with Crippen LogP contribution in [0, 0.1) is 5.41 Å². The first-order chi connectivity index (χ1) is 5.47. The number of aliphatic hydroxyl groups is 1. The first-order valence-corrected chi connectivity index (χ1v) is 4.91. The van der Waals surface area contributed by atoms with Crippen molar-refractivity contribution in [3.63, 3.8) is 0 Å². The second kappa shape index (κ2) is 3.35. The van der Waals surface area contributed by atoms with E-state index in [1.165, 1.54) is 0 Å². The molecule has 1 unspecified atom stereocenters. The Morgan fingerprint density at radius 3 is 2.42 bits per heavy atom. The Morgan fingerprint density at radius 1 is 1.33 bits per heavy atom. The average Bonchev–Trinajstić information content (AvgIpc) is 2.23. The molecule has 2 heteroatoms. The van der Waals surface area contributed by atoms with Gasteiger partial charge in [0.1, 0.15) is 0 Å². The van der Waals surface area contributed by atoms with Crippen LogP contribution < -0.4 is 5.32 Å². The third-order valence-electron chi connectivity index (χ3n) is 2.78. The van der Waals surface area contributed by atoms with Crippen molar-refractivity contribution >= 4 is 0 Å². The first-order valence-electron chi connectivity index (χ1n) is 4.91. The molecule has 0 aliphatic heterocycles. The lowest BCUT2D eigenvalue weighted by Gasteiger charge is -2.25. The fourth-order valence-corrected chi connectivity index (χ4v) is 2.15. The van der Waals surface area contributed by atoms with E-state index in [2.05, 4.69) is 26.1 Å². The van der Waals surface area contributed by atoms with Crippen molar-refractivity contribution in [1.29, 1.82) is 0 Å². The van der Waals surface area contributed by atoms with Gasteiger partial charge in [0.05, 0.1) is 5.60 Å². The molecule has 12 heavy (non-hydrogen) atoms. The Hall–Kier alpha value is -0.0800. The fourth-order valence-electron chi connectivity index (χ4n) is 2.15. The van der Waals surface area contributed by atoms with Crippen molar-refractivity contribution in [1.82, 2.24) is 5.32 Å². The zero-order valence-electron chi connectivity index (χ0n) is 8.48. The van der Waals surface area contributed by atoms with E-state index in [-0.39, 0.29) is 0 Å². The molecule has 1 fully saturated rings. The molecule has 1 saturated carbocycles. The van der Waals surface area contributed by atoms with E-state index in [1.807, 2.05) is 0 Å². The number of likely N-dealkylation sites (N-methyl/N-ethyl adjacent to an activating group) is 1. The zero-order valence-corrected chi connectivity index (χ0v) is 8.48. The van der Waals surface area contributed by atoms with Gasteiger partial charge in [-0.1, -0.05) is 20.8 Å². The van der Waals surface area contributed by atoms with E-state index in [9.17, 15) is 5.11 Å². The topological polar surface area (TPSA) is 32.3 Å². The predicted octanol–water partition coefficient (Wildman–Crippen LogP) is 1.54. The molecule has 72 valence electrons.